The van der Waals surface area contributed by atoms with Gasteiger partial charge in [-0.3, -0.25) is 4.79 Å². The first-order valence-electron chi connectivity index (χ1n) is 8.38. The first-order chi connectivity index (χ1) is 10.7. The normalized spacial score (nSPS) is 23.5. The Labute approximate surface area is 132 Å². The summed E-state index contributed by atoms with van der Waals surface area (Å²) in [6.07, 6.45) is 4.07. The number of esters is 1. The van der Waals surface area contributed by atoms with Crippen molar-refractivity contribution in [3.63, 3.8) is 0 Å². The van der Waals surface area contributed by atoms with Gasteiger partial charge in [0.25, 0.3) is 0 Å². The number of hydrogen-bond acceptors (Lipinski definition) is 2. The van der Waals surface area contributed by atoms with Gasteiger partial charge in [-0.15, -0.1) is 0 Å². The van der Waals surface area contributed by atoms with Crippen molar-refractivity contribution >= 4 is 16.7 Å². The topological polar surface area (TPSA) is 26.3 Å². The quantitative estimate of drug-likeness (QED) is 0.696. The van der Waals surface area contributed by atoms with Crippen molar-refractivity contribution in [3.05, 3.63) is 48.0 Å². The molecule has 2 nitrogen and oxygen atoms in total. The van der Waals surface area contributed by atoms with Crippen LogP contribution in [0.2, 0.25) is 0 Å². The van der Waals surface area contributed by atoms with Gasteiger partial charge in [-0.05, 0) is 36.1 Å². The Balaban J connectivity index is 1.95. The minimum Gasteiger partial charge on any atom is -0.466 e. The molecule has 2 atom stereocenters. The van der Waals surface area contributed by atoms with Crippen LogP contribution >= 0.6 is 0 Å². The molecule has 22 heavy (non-hydrogen) atoms. The van der Waals surface area contributed by atoms with E-state index in [4.69, 9.17) is 4.74 Å². The van der Waals surface area contributed by atoms with Crippen molar-refractivity contribution < 1.29 is 9.53 Å². The summed E-state index contributed by atoms with van der Waals surface area (Å²) in [7, 11) is 0. The molecule has 0 saturated heterocycles. The lowest BCUT2D eigenvalue weighted by Crippen LogP contribution is -2.21. The number of ether oxygens (including phenoxy) is 1. The highest BCUT2D eigenvalue weighted by molar-refractivity contribution is 5.90. The summed E-state index contributed by atoms with van der Waals surface area (Å²) in [5.74, 6) is 0.311. The number of fused-ring (bicyclic) bond motifs is 1. The predicted molar refractivity (Wildman–Crippen MR) is 89.9 cm³/mol. The molecule has 0 amide bonds. The van der Waals surface area contributed by atoms with E-state index in [9.17, 15) is 4.79 Å². The van der Waals surface area contributed by atoms with Crippen LogP contribution in [0.5, 0.6) is 0 Å². The SMILES string of the molecule is CCCC[C@]1(C(=O)OCC)C[C@@H]1c1cccc2ccccc12. The summed E-state index contributed by atoms with van der Waals surface area (Å²) in [4.78, 5) is 12.5. The van der Waals surface area contributed by atoms with E-state index in [1.54, 1.807) is 0 Å². The van der Waals surface area contributed by atoms with E-state index in [2.05, 4.69) is 49.4 Å². The molecule has 1 aliphatic carbocycles. The maximum atomic E-state index is 12.5. The van der Waals surface area contributed by atoms with Crippen LogP contribution < -0.4 is 0 Å². The van der Waals surface area contributed by atoms with Crippen LogP contribution in [-0.4, -0.2) is 12.6 Å². The Bertz CT molecular complexity index is 671. The lowest BCUT2D eigenvalue weighted by molar-refractivity contribution is -0.150. The van der Waals surface area contributed by atoms with Crippen LogP contribution in [0.1, 0.15) is 51.0 Å². The van der Waals surface area contributed by atoms with E-state index in [1.165, 1.54) is 16.3 Å². The minimum atomic E-state index is -0.282. The van der Waals surface area contributed by atoms with Gasteiger partial charge in [0.15, 0.2) is 0 Å². The molecule has 2 heteroatoms. The molecule has 0 unspecified atom stereocenters. The van der Waals surface area contributed by atoms with Crippen LogP contribution in [0, 0.1) is 5.41 Å². The van der Waals surface area contributed by atoms with Crippen molar-refractivity contribution in [3.8, 4) is 0 Å². The van der Waals surface area contributed by atoms with Gasteiger partial charge in [0.05, 0.1) is 12.0 Å². The third-order valence-electron chi connectivity index (χ3n) is 4.93. The predicted octanol–water partition coefficient (Wildman–Crippen LogP) is 5.07. The van der Waals surface area contributed by atoms with E-state index in [1.807, 2.05) is 6.92 Å². The number of rotatable bonds is 6. The summed E-state index contributed by atoms with van der Waals surface area (Å²) < 4.78 is 5.39. The van der Waals surface area contributed by atoms with Crippen molar-refractivity contribution in [1.82, 2.24) is 0 Å². The maximum absolute atomic E-state index is 12.5. The van der Waals surface area contributed by atoms with Crippen molar-refractivity contribution in [2.24, 2.45) is 5.41 Å². The zero-order valence-corrected chi connectivity index (χ0v) is 13.5. The van der Waals surface area contributed by atoms with Gasteiger partial charge < -0.3 is 4.74 Å². The van der Waals surface area contributed by atoms with Crippen molar-refractivity contribution in [2.45, 2.75) is 45.4 Å². The second-order valence-electron chi connectivity index (χ2n) is 6.31. The Hall–Kier alpha value is -1.83. The fraction of sp³-hybridized carbons (Fsp3) is 0.450. The van der Waals surface area contributed by atoms with E-state index in [0.717, 1.165) is 25.7 Å². The Morgan fingerprint density at radius 1 is 1.18 bits per heavy atom. The monoisotopic (exact) mass is 296 g/mol. The molecule has 2 aromatic rings. The Kier molecular flexibility index (Phi) is 4.19. The van der Waals surface area contributed by atoms with Crippen LogP contribution in [0.15, 0.2) is 42.5 Å². The largest absolute Gasteiger partial charge is 0.466 e. The summed E-state index contributed by atoms with van der Waals surface area (Å²) in [6, 6.07) is 14.9. The van der Waals surface area contributed by atoms with Crippen LogP contribution in [0.3, 0.4) is 0 Å². The molecule has 0 aliphatic heterocycles. The molecular weight excluding hydrogens is 272 g/mol. The zero-order chi connectivity index (χ0) is 15.6. The van der Waals surface area contributed by atoms with E-state index in [0.29, 0.717) is 12.5 Å². The molecule has 1 saturated carbocycles. The van der Waals surface area contributed by atoms with Crippen LogP contribution in [0.25, 0.3) is 10.8 Å². The second-order valence-corrected chi connectivity index (χ2v) is 6.31. The first kappa shape index (κ1) is 15.1. The molecule has 0 spiro atoms. The molecule has 2 aromatic carbocycles. The summed E-state index contributed by atoms with van der Waals surface area (Å²) in [6.45, 7) is 4.53. The third-order valence-corrected chi connectivity index (χ3v) is 4.93. The number of carbonyl (C=O) groups excluding carboxylic acids is 1. The average molecular weight is 296 g/mol. The van der Waals surface area contributed by atoms with Crippen LogP contribution in [-0.2, 0) is 9.53 Å². The minimum absolute atomic E-state index is 0.00128. The van der Waals surface area contributed by atoms with Crippen molar-refractivity contribution in [2.75, 3.05) is 6.61 Å². The van der Waals surface area contributed by atoms with E-state index < -0.39 is 0 Å². The van der Waals surface area contributed by atoms with E-state index in [-0.39, 0.29) is 11.4 Å². The second kappa shape index (κ2) is 6.12. The molecule has 0 N–H and O–H groups in total. The van der Waals surface area contributed by atoms with Crippen molar-refractivity contribution in [1.29, 1.82) is 0 Å². The molecule has 0 bridgehead atoms. The van der Waals surface area contributed by atoms with Gasteiger partial charge in [0.2, 0.25) is 0 Å². The molecule has 3 rings (SSSR count). The molecule has 0 aromatic heterocycles. The smallest absolute Gasteiger partial charge is 0.312 e. The van der Waals surface area contributed by atoms with Gasteiger partial charge in [0, 0.05) is 5.92 Å². The van der Waals surface area contributed by atoms with Gasteiger partial charge in [-0.1, -0.05) is 62.2 Å². The van der Waals surface area contributed by atoms with Gasteiger partial charge in [0.1, 0.15) is 0 Å². The highest BCUT2D eigenvalue weighted by atomic mass is 16.5. The lowest BCUT2D eigenvalue weighted by Gasteiger charge is -2.16. The number of carbonyl (C=O) groups is 1. The molecule has 0 heterocycles. The lowest BCUT2D eigenvalue weighted by atomic mass is 9.91. The molecule has 1 fully saturated rings. The highest BCUT2D eigenvalue weighted by Gasteiger charge is 2.61. The first-order valence-corrected chi connectivity index (χ1v) is 8.38. The standard InChI is InChI=1S/C20H24O2/c1-3-5-13-20(19(21)22-4-2)14-18(20)17-12-8-10-15-9-6-7-11-16(15)17/h6-12,18H,3-5,13-14H2,1-2H3/t18-,20+/m1/s1. The fourth-order valence-corrected chi connectivity index (χ4v) is 3.64. The maximum Gasteiger partial charge on any atom is 0.312 e. The summed E-state index contributed by atoms with van der Waals surface area (Å²) >= 11 is 0. The fourth-order valence-electron chi connectivity index (χ4n) is 3.64. The summed E-state index contributed by atoms with van der Waals surface area (Å²) in [5.41, 5.74) is 1.03. The Morgan fingerprint density at radius 3 is 2.73 bits per heavy atom. The number of benzene rings is 2. The average Bonchev–Trinajstić information content (AvgIpc) is 3.28. The molecule has 116 valence electrons. The molecular formula is C20H24O2. The number of unbranched alkanes of at least 4 members (excludes halogenated alkanes) is 1. The summed E-state index contributed by atoms with van der Waals surface area (Å²) in [5, 5.41) is 2.53. The molecule has 1 aliphatic rings. The highest BCUT2D eigenvalue weighted by Crippen LogP contribution is 2.63. The molecule has 0 radical (unpaired) electrons. The number of hydrogen-bond donors (Lipinski definition) is 0. The van der Waals surface area contributed by atoms with Gasteiger partial charge >= 0.3 is 5.97 Å². The third kappa shape index (κ3) is 2.51. The Morgan fingerprint density at radius 2 is 1.95 bits per heavy atom. The van der Waals surface area contributed by atoms with Gasteiger partial charge in [-0.2, -0.15) is 0 Å². The zero-order valence-electron chi connectivity index (χ0n) is 13.5. The van der Waals surface area contributed by atoms with Gasteiger partial charge in [-0.25, -0.2) is 0 Å². The van der Waals surface area contributed by atoms with E-state index >= 15 is 0 Å². The van der Waals surface area contributed by atoms with Crippen LogP contribution in [0.4, 0.5) is 0 Å².